The summed E-state index contributed by atoms with van der Waals surface area (Å²) < 4.78 is 5.88. The van der Waals surface area contributed by atoms with E-state index in [0.29, 0.717) is 12.3 Å². The molecule has 0 aromatic heterocycles. The first kappa shape index (κ1) is 16.1. The van der Waals surface area contributed by atoms with E-state index in [0.717, 1.165) is 23.3 Å². The van der Waals surface area contributed by atoms with E-state index < -0.39 is 0 Å². The van der Waals surface area contributed by atoms with Crippen LogP contribution in [0.2, 0.25) is 0 Å². The SMILES string of the molecule is Nc1ccc(OCc2ccccc2)cc1C(N)Cc1ccccc1. The Morgan fingerprint density at radius 3 is 2.08 bits per heavy atom. The van der Waals surface area contributed by atoms with E-state index in [1.54, 1.807) is 0 Å². The summed E-state index contributed by atoms with van der Waals surface area (Å²) in [6.07, 6.45) is 0.743. The highest BCUT2D eigenvalue weighted by Crippen LogP contribution is 2.27. The van der Waals surface area contributed by atoms with Gasteiger partial charge < -0.3 is 16.2 Å². The van der Waals surface area contributed by atoms with E-state index in [4.69, 9.17) is 16.2 Å². The second kappa shape index (κ2) is 7.66. The maximum absolute atomic E-state index is 6.37. The van der Waals surface area contributed by atoms with Gasteiger partial charge in [0.1, 0.15) is 12.4 Å². The third-order valence-electron chi connectivity index (χ3n) is 4.00. The normalized spacial score (nSPS) is 11.9. The highest BCUT2D eigenvalue weighted by Gasteiger charge is 2.12. The number of rotatable bonds is 6. The van der Waals surface area contributed by atoms with Crippen LogP contribution in [0.1, 0.15) is 22.7 Å². The number of hydrogen-bond acceptors (Lipinski definition) is 3. The predicted molar refractivity (Wildman–Crippen MR) is 98.7 cm³/mol. The standard InChI is InChI=1S/C21H22N2O/c22-20-12-11-18(24-15-17-9-5-2-6-10-17)14-19(20)21(23)13-16-7-3-1-4-8-16/h1-12,14,21H,13,15,22-23H2. The molecule has 24 heavy (non-hydrogen) atoms. The van der Waals surface area contributed by atoms with Gasteiger partial charge in [-0.05, 0) is 41.3 Å². The van der Waals surface area contributed by atoms with Gasteiger partial charge in [0.2, 0.25) is 0 Å². The number of nitrogens with two attached hydrogens (primary N) is 2. The van der Waals surface area contributed by atoms with Crippen molar-refractivity contribution in [2.45, 2.75) is 19.1 Å². The number of hydrogen-bond donors (Lipinski definition) is 2. The molecule has 0 fully saturated rings. The summed E-state index contributed by atoms with van der Waals surface area (Å²) in [6, 6.07) is 25.8. The molecule has 0 spiro atoms. The van der Waals surface area contributed by atoms with Gasteiger partial charge in [-0.1, -0.05) is 60.7 Å². The van der Waals surface area contributed by atoms with Crippen molar-refractivity contribution in [3.63, 3.8) is 0 Å². The van der Waals surface area contributed by atoms with Crippen molar-refractivity contribution in [2.24, 2.45) is 5.73 Å². The van der Waals surface area contributed by atoms with E-state index in [9.17, 15) is 0 Å². The Hall–Kier alpha value is -2.78. The molecule has 4 N–H and O–H groups in total. The average Bonchev–Trinajstić information content (AvgIpc) is 2.62. The molecule has 1 unspecified atom stereocenters. The lowest BCUT2D eigenvalue weighted by molar-refractivity contribution is 0.306. The summed E-state index contributed by atoms with van der Waals surface area (Å²) in [7, 11) is 0. The molecule has 0 radical (unpaired) electrons. The molecule has 0 aliphatic heterocycles. The summed E-state index contributed by atoms with van der Waals surface area (Å²) in [5.41, 5.74) is 16.4. The topological polar surface area (TPSA) is 61.3 Å². The maximum atomic E-state index is 6.37. The van der Waals surface area contributed by atoms with Crippen LogP contribution in [-0.4, -0.2) is 0 Å². The number of benzene rings is 3. The molecule has 0 aliphatic rings. The molecule has 122 valence electrons. The third-order valence-corrected chi connectivity index (χ3v) is 4.00. The molecule has 3 heteroatoms. The van der Waals surface area contributed by atoms with Crippen LogP contribution >= 0.6 is 0 Å². The Morgan fingerprint density at radius 2 is 1.42 bits per heavy atom. The van der Waals surface area contributed by atoms with Gasteiger partial charge in [0.25, 0.3) is 0 Å². The molecular weight excluding hydrogens is 296 g/mol. The minimum atomic E-state index is -0.160. The second-order valence-electron chi connectivity index (χ2n) is 5.86. The summed E-state index contributed by atoms with van der Waals surface area (Å²) in [6.45, 7) is 0.526. The lowest BCUT2D eigenvalue weighted by Crippen LogP contribution is -2.15. The monoisotopic (exact) mass is 318 g/mol. The molecule has 3 aromatic carbocycles. The lowest BCUT2D eigenvalue weighted by Gasteiger charge is -2.16. The van der Waals surface area contributed by atoms with E-state index >= 15 is 0 Å². The van der Waals surface area contributed by atoms with E-state index in [-0.39, 0.29) is 6.04 Å². The molecule has 3 nitrogen and oxygen atoms in total. The summed E-state index contributed by atoms with van der Waals surface area (Å²) in [5, 5.41) is 0. The molecule has 0 heterocycles. The van der Waals surface area contributed by atoms with Gasteiger partial charge in [-0.25, -0.2) is 0 Å². The van der Waals surface area contributed by atoms with Gasteiger partial charge in [0, 0.05) is 11.7 Å². The first-order chi connectivity index (χ1) is 11.7. The van der Waals surface area contributed by atoms with Crippen molar-refractivity contribution >= 4 is 5.69 Å². The van der Waals surface area contributed by atoms with Crippen LogP contribution in [0.5, 0.6) is 5.75 Å². The van der Waals surface area contributed by atoms with Crippen molar-refractivity contribution < 1.29 is 4.74 Å². The highest BCUT2D eigenvalue weighted by atomic mass is 16.5. The average molecular weight is 318 g/mol. The zero-order valence-electron chi connectivity index (χ0n) is 13.6. The zero-order chi connectivity index (χ0) is 16.8. The summed E-state index contributed by atoms with van der Waals surface area (Å²) >= 11 is 0. The van der Waals surface area contributed by atoms with Crippen molar-refractivity contribution in [1.82, 2.24) is 0 Å². The molecule has 0 bridgehead atoms. The predicted octanol–water partition coefficient (Wildman–Crippen LogP) is 4.09. The van der Waals surface area contributed by atoms with Gasteiger partial charge in [0.05, 0.1) is 0 Å². The van der Waals surface area contributed by atoms with Crippen molar-refractivity contribution in [3.8, 4) is 5.75 Å². The van der Waals surface area contributed by atoms with Gasteiger partial charge >= 0.3 is 0 Å². The zero-order valence-corrected chi connectivity index (χ0v) is 13.6. The molecule has 0 saturated heterocycles. The summed E-state index contributed by atoms with van der Waals surface area (Å²) in [5.74, 6) is 0.784. The summed E-state index contributed by atoms with van der Waals surface area (Å²) in [4.78, 5) is 0. The maximum Gasteiger partial charge on any atom is 0.120 e. The Balaban J connectivity index is 1.71. The van der Waals surface area contributed by atoms with Gasteiger partial charge in [0.15, 0.2) is 0 Å². The highest BCUT2D eigenvalue weighted by molar-refractivity contribution is 5.52. The fourth-order valence-corrected chi connectivity index (χ4v) is 2.68. The Bertz CT molecular complexity index is 772. The van der Waals surface area contributed by atoms with E-state index in [2.05, 4.69) is 12.1 Å². The second-order valence-corrected chi connectivity index (χ2v) is 5.86. The quantitative estimate of drug-likeness (QED) is 0.673. The van der Waals surface area contributed by atoms with Gasteiger partial charge in [-0.15, -0.1) is 0 Å². The molecule has 3 aromatic rings. The van der Waals surface area contributed by atoms with E-state index in [1.807, 2.05) is 66.7 Å². The van der Waals surface area contributed by atoms with E-state index in [1.165, 1.54) is 5.56 Å². The van der Waals surface area contributed by atoms with Crippen LogP contribution < -0.4 is 16.2 Å². The van der Waals surface area contributed by atoms with Crippen LogP contribution in [0.3, 0.4) is 0 Å². The number of nitrogen functional groups attached to an aromatic ring is 1. The molecule has 0 aliphatic carbocycles. The minimum absolute atomic E-state index is 0.160. The molecule has 0 amide bonds. The van der Waals surface area contributed by atoms with Crippen molar-refractivity contribution in [3.05, 3.63) is 95.6 Å². The Labute approximate surface area is 142 Å². The van der Waals surface area contributed by atoms with Crippen LogP contribution in [-0.2, 0) is 13.0 Å². The first-order valence-electron chi connectivity index (χ1n) is 8.08. The smallest absolute Gasteiger partial charge is 0.120 e. The lowest BCUT2D eigenvalue weighted by atomic mass is 9.98. The van der Waals surface area contributed by atoms with Crippen LogP contribution in [0.4, 0.5) is 5.69 Å². The van der Waals surface area contributed by atoms with Gasteiger partial charge in [-0.2, -0.15) is 0 Å². The Kier molecular flexibility index (Phi) is 5.14. The fourth-order valence-electron chi connectivity index (χ4n) is 2.68. The molecular formula is C21H22N2O. The largest absolute Gasteiger partial charge is 0.489 e. The van der Waals surface area contributed by atoms with Crippen molar-refractivity contribution in [2.75, 3.05) is 5.73 Å². The Morgan fingerprint density at radius 1 is 0.792 bits per heavy atom. The number of ether oxygens (including phenoxy) is 1. The van der Waals surface area contributed by atoms with Crippen LogP contribution in [0.25, 0.3) is 0 Å². The minimum Gasteiger partial charge on any atom is -0.489 e. The molecule has 1 atom stereocenters. The van der Waals surface area contributed by atoms with Crippen LogP contribution in [0.15, 0.2) is 78.9 Å². The van der Waals surface area contributed by atoms with Crippen LogP contribution in [0, 0.1) is 0 Å². The third kappa shape index (κ3) is 4.15. The molecule has 0 saturated carbocycles. The van der Waals surface area contributed by atoms with Crippen molar-refractivity contribution in [1.29, 1.82) is 0 Å². The molecule has 3 rings (SSSR count). The number of anilines is 1. The fraction of sp³-hybridized carbons (Fsp3) is 0.143. The first-order valence-corrected chi connectivity index (χ1v) is 8.08. The van der Waals surface area contributed by atoms with Gasteiger partial charge in [-0.3, -0.25) is 0 Å².